The molecule has 0 aliphatic carbocycles. The first kappa shape index (κ1) is 12.5. The number of hydrogen-bond acceptors (Lipinski definition) is 3. The molecule has 1 aromatic heterocycles. The van der Waals surface area contributed by atoms with E-state index in [9.17, 15) is 9.90 Å². The zero-order chi connectivity index (χ0) is 14.1. The van der Waals surface area contributed by atoms with Gasteiger partial charge in [0.05, 0.1) is 17.9 Å². The largest absolute Gasteiger partial charge is 0.508 e. The van der Waals surface area contributed by atoms with E-state index in [1.54, 1.807) is 30.5 Å². The van der Waals surface area contributed by atoms with E-state index in [0.717, 1.165) is 24.1 Å². The Morgan fingerprint density at radius 3 is 2.80 bits per heavy atom. The van der Waals surface area contributed by atoms with Crippen molar-refractivity contribution in [2.24, 2.45) is 0 Å². The summed E-state index contributed by atoms with van der Waals surface area (Å²) in [5.74, 6) is 0.884. The van der Waals surface area contributed by atoms with Gasteiger partial charge in [0, 0.05) is 6.54 Å². The molecular formula is C14H15N3O3. The number of rotatable bonds is 2. The number of carboxylic acid groups (broad SMARTS) is 1. The molecule has 0 bridgehead atoms. The van der Waals surface area contributed by atoms with Crippen LogP contribution in [0.15, 0.2) is 30.5 Å². The number of phenols is 1. The lowest BCUT2D eigenvalue weighted by molar-refractivity contribution is 0.139. The molecule has 3 rings (SSSR count). The molecule has 20 heavy (non-hydrogen) atoms. The molecule has 1 aliphatic heterocycles. The molecule has 0 spiro atoms. The van der Waals surface area contributed by atoms with E-state index in [2.05, 4.69) is 9.97 Å². The summed E-state index contributed by atoms with van der Waals surface area (Å²) in [7, 11) is 0. The Morgan fingerprint density at radius 1 is 1.35 bits per heavy atom. The van der Waals surface area contributed by atoms with Crippen LogP contribution in [0.1, 0.15) is 24.7 Å². The monoisotopic (exact) mass is 273 g/mol. The maximum atomic E-state index is 11.2. The minimum atomic E-state index is -0.907. The van der Waals surface area contributed by atoms with Gasteiger partial charge in [-0.3, -0.25) is 4.90 Å². The molecule has 0 unspecified atom stereocenters. The van der Waals surface area contributed by atoms with Crippen LogP contribution in [-0.4, -0.2) is 37.7 Å². The van der Waals surface area contributed by atoms with E-state index in [4.69, 9.17) is 5.11 Å². The molecule has 1 saturated heterocycles. The van der Waals surface area contributed by atoms with Crippen LogP contribution >= 0.6 is 0 Å². The van der Waals surface area contributed by atoms with E-state index in [1.807, 2.05) is 0 Å². The minimum absolute atomic E-state index is 0.196. The van der Waals surface area contributed by atoms with Crippen LogP contribution in [0.3, 0.4) is 0 Å². The second-order valence-corrected chi connectivity index (χ2v) is 4.86. The third-order valence-electron chi connectivity index (χ3n) is 3.59. The van der Waals surface area contributed by atoms with Gasteiger partial charge in [-0.05, 0) is 42.7 Å². The maximum absolute atomic E-state index is 11.2. The lowest BCUT2D eigenvalue weighted by Gasteiger charge is -2.19. The number of aromatic nitrogens is 2. The Hall–Kier alpha value is -2.50. The Kier molecular flexibility index (Phi) is 3.06. The summed E-state index contributed by atoms with van der Waals surface area (Å²) in [6.45, 7) is 0.551. The smallest absolute Gasteiger partial charge is 0.407 e. The van der Waals surface area contributed by atoms with Crippen LogP contribution in [0, 0.1) is 0 Å². The number of nitrogens with zero attached hydrogens (tertiary/aromatic N) is 2. The Morgan fingerprint density at radius 2 is 2.10 bits per heavy atom. The van der Waals surface area contributed by atoms with Gasteiger partial charge in [0.15, 0.2) is 0 Å². The molecule has 2 aromatic rings. The number of phenolic OH excluding ortho intramolecular Hbond substituents is 1. The summed E-state index contributed by atoms with van der Waals surface area (Å²) in [5.41, 5.74) is 1.72. The summed E-state index contributed by atoms with van der Waals surface area (Å²) in [4.78, 5) is 20.1. The molecule has 3 N–H and O–H groups in total. The van der Waals surface area contributed by atoms with Gasteiger partial charge in [0.25, 0.3) is 0 Å². The van der Waals surface area contributed by atoms with Gasteiger partial charge in [-0.1, -0.05) is 0 Å². The first-order chi connectivity index (χ1) is 9.65. The van der Waals surface area contributed by atoms with Crippen molar-refractivity contribution in [2.45, 2.75) is 18.9 Å². The average molecular weight is 273 g/mol. The van der Waals surface area contributed by atoms with Crippen LogP contribution in [0.25, 0.3) is 11.3 Å². The van der Waals surface area contributed by atoms with E-state index in [1.165, 1.54) is 4.90 Å². The number of nitrogens with one attached hydrogen (secondary N) is 1. The molecule has 104 valence electrons. The van der Waals surface area contributed by atoms with Crippen molar-refractivity contribution in [3.05, 3.63) is 36.3 Å². The van der Waals surface area contributed by atoms with Gasteiger partial charge in [0.1, 0.15) is 11.6 Å². The van der Waals surface area contributed by atoms with Gasteiger partial charge in [0.2, 0.25) is 0 Å². The molecule has 1 amide bonds. The number of benzene rings is 1. The normalized spacial score (nSPS) is 18.4. The maximum Gasteiger partial charge on any atom is 0.407 e. The van der Waals surface area contributed by atoms with Gasteiger partial charge in [-0.2, -0.15) is 0 Å². The summed E-state index contributed by atoms with van der Waals surface area (Å²) in [5, 5.41) is 18.4. The Bertz CT molecular complexity index is 621. The molecule has 6 heteroatoms. The first-order valence-corrected chi connectivity index (χ1v) is 6.49. The number of carbonyl (C=O) groups is 1. The highest BCUT2D eigenvalue weighted by molar-refractivity contribution is 5.66. The molecule has 1 atom stereocenters. The third kappa shape index (κ3) is 2.20. The second kappa shape index (κ2) is 4.88. The van der Waals surface area contributed by atoms with Gasteiger partial charge in [-0.15, -0.1) is 0 Å². The molecule has 1 aliphatic rings. The Labute approximate surface area is 115 Å². The highest BCUT2D eigenvalue weighted by Crippen LogP contribution is 2.31. The minimum Gasteiger partial charge on any atom is -0.508 e. The van der Waals surface area contributed by atoms with Crippen molar-refractivity contribution in [3.63, 3.8) is 0 Å². The highest BCUT2D eigenvalue weighted by Gasteiger charge is 2.31. The zero-order valence-electron chi connectivity index (χ0n) is 10.8. The topological polar surface area (TPSA) is 89.4 Å². The van der Waals surface area contributed by atoms with Gasteiger partial charge >= 0.3 is 6.09 Å². The molecule has 1 fully saturated rings. The number of aromatic hydroxyl groups is 1. The van der Waals surface area contributed by atoms with E-state index >= 15 is 0 Å². The van der Waals surface area contributed by atoms with E-state index in [-0.39, 0.29) is 11.8 Å². The molecular weight excluding hydrogens is 258 g/mol. The van der Waals surface area contributed by atoms with Crippen molar-refractivity contribution in [1.82, 2.24) is 14.9 Å². The summed E-state index contributed by atoms with van der Waals surface area (Å²) in [6, 6.07) is 6.59. The summed E-state index contributed by atoms with van der Waals surface area (Å²) >= 11 is 0. The highest BCUT2D eigenvalue weighted by atomic mass is 16.4. The SMILES string of the molecule is O=C(O)N1CCC[C@H]1c1ncc(-c2ccc(O)cc2)[nH]1. The van der Waals surface area contributed by atoms with Gasteiger partial charge < -0.3 is 15.2 Å². The number of imidazole rings is 1. The van der Waals surface area contributed by atoms with Crippen LogP contribution in [-0.2, 0) is 0 Å². The molecule has 6 nitrogen and oxygen atoms in total. The molecule has 2 heterocycles. The predicted molar refractivity (Wildman–Crippen MR) is 72.4 cm³/mol. The molecule has 0 radical (unpaired) electrons. The average Bonchev–Trinajstić information content (AvgIpc) is 3.08. The predicted octanol–water partition coefficient (Wildman–Crippen LogP) is 2.60. The number of hydrogen-bond donors (Lipinski definition) is 3. The fraction of sp³-hybridized carbons (Fsp3) is 0.286. The van der Waals surface area contributed by atoms with Crippen LogP contribution in [0.5, 0.6) is 5.75 Å². The van der Waals surface area contributed by atoms with Crippen molar-refractivity contribution in [1.29, 1.82) is 0 Å². The van der Waals surface area contributed by atoms with Crippen molar-refractivity contribution in [3.8, 4) is 17.0 Å². The standard InChI is InChI=1S/C14H15N3O3/c18-10-5-3-9(4-6-10)11-8-15-13(16-11)12-2-1-7-17(12)14(19)20/h3-6,8,12,18H,1-2,7H2,(H,15,16)(H,19,20)/t12-/m0/s1. The fourth-order valence-corrected chi connectivity index (χ4v) is 2.57. The van der Waals surface area contributed by atoms with Gasteiger partial charge in [-0.25, -0.2) is 9.78 Å². The quantitative estimate of drug-likeness (QED) is 0.784. The van der Waals surface area contributed by atoms with E-state index in [0.29, 0.717) is 12.4 Å². The summed E-state index contributed by atoms with van der Waals surface area (Å²) < 4.78 is 0. The number of amides is 1. The number of H-pyrrole nitrogens is 1. The van der Waals surface area contributed by atoms with Crippen molar-refractivity contribution >= 4 is 6.09 Å². The van der Waals surface area contributed by atoms with Crippen LogP contribution in [0.4, 0.5) is 4.79 Å². The van der Waals surface area contributed by atoms with Crippen molar-refractivity contribution in [2.75, 3.05) is 6.54 Å². The summed E-state index contributed by atoms with van der Waals surface area (Å²) in [6.07, 6.45) is 2.43. The number of likely N-dealkylation sites (tertiary alicyclic amines) is 1. The third-order valence-corrected chi connectivity index (χ3v) is 3.59. The zero-order valence-corrected chi connectivity index (χ0v) is 10.8. The van der Waals surface area contributed by atoms with Crippen LogP contribution < -0.4 is 0 Å². The fourth-order valence-electron chi connectivity index (χ4n) is 2.57. The Balaban J connectivity index is 1.86. The lowest BCUT2D eigenvalue weighted by atomic mass is 10.1. The molecule has 1 aromatic carbocycles. The first-order valence-electron chi connectivity index (χ1n) is 6.49. The van der Waals surface area contributed by atoms with Crippen LogP contribution in [0.2, 0.25) is 0 Å². The van der Waals surface area contributed by atoms with Crippen molar-refractivity contribution < 1.29 is 15.0 Å². The molecule has 0 saturated carbocycles. The number of aromatic amines is 1. The lowest BCUT2D eigenvalue weighted by Crippen LogP contribution is -2.29. The second-order valence-electron chi connectivity index (χ2n) is 4.86. The van der Waals surface area contributed by atoms with E-state index < -0.39 is 6.09 Å².